The van der Waals surface area contributed by atoms with E-state index in [1.165, 1.54) is 37.6 Å². The van der Waals surface area contributed by atoms with Crippen molar-refractivity contribution < 1.29 is 28.9 Å². The fourth-order valence-corrected chi connectivity index (χ4v) is 5.01. The molecule has 9 nitrogen and oxygen atoms in total. The van der Waals surface area contributed by atoms with E-state index in [-0.39, 0.29) is 17.3 Å². The average Bonchev–Trinajstić information content (AvgIpc) is 3.61. The first-order valence-corrected chi connectivity index (χ1v) is 11.5. The fraction of sp³-hybridized carbons (Fsp3) is 0.160. The molecule has 2 aromatic heterocycles. The Balaban J connectivity index is 1.71. The van der Waals surface area contributed by atoms with Gasteiger partial charge in [-0.15, -0.1) is 11.3 Å². The van der Waals surface area contributed by atoms with E-state index in [4.69, 9.17) is 14.2 Å². The lowest BCUT2D eigenvalue weighted by atomic mass is 9.99. The van der Waals surface area contributed by atoms with Gasteiger partial charge in [-0.3, -0.25) is 14.5 Å². The summed E-state index contributed by atoms with van der Waals surface area (Å²) >= 11 is 1.36. The van der Waals surface area contributed by atoms with Crippen LogP contribution in [0.1, 0.15) is 16.5 Å². The second-order valence-corrected chi connectivity index (χ2v) is 8.65. The number of aliphatic hydroxyl groups is 1. The monoisotopic (exact) mass is 491 g/mol. The van der Waals surface area contributed by atoms with Gasteiger partial charge in [0.25, 0.3) is 5.78 Å². The maximum absolute atomic E-state index is 13.3. The quantitative estimate of drug-likeness (QED) is 0.235. The van der Waals surface area contributed by atoms with E-state index < -0.39 is 17.7 Å². The Morgan fingerprint density at radius 3 is 2.40 bits per heavy atom. The number of methoxy groups -OCH3 is 3. The zero-order valence-electron chi connectivity index (χ0n) is 19.1. The van der Waals surface area contributed by atoms with E-state index >= 15 is 0 Å². The molecule has 1 aliphatic rings. The lowest BCUT2D eigenvalue weighted by Crippen LogP contribution is -2.30. The molecule has 2 aromatic carbocycles. The normalized spacial score (nSPS) is 17.2. The summed E-state index contributed by atoms with van der Waals surface area (Å²) in [5.74, 6) is -0.435. The van der Waals surface area contributed by atoms with Gasteiger partial charge in [0.05, 0.1) is 43.5 Å². The smallest absolute Gasteiger partial charge is 0.302 e. The molecule has 2 N–H and O–H groups in total. The number of carbonyl (C=O) groups is 2. The van der Waals surface area contributed by atoms with E-state index in [0.717, 1.165) is 0 Å². The molecular weight excluding hydrogens is 470 g/mol. The molecule has 1 aliphatic heterocycles. The number of benzene rings is 2. The predicted octanol–water partition coefficient (Wildman–Crippen LogP) is 4.28. The van der Waals surface area contributed by atoms with Gasteiger partial charge in [-0.1, -0.05) is 18.2 Å². The van der Waals surface area contributed by atoms with Gasteiger partial charge >= 0.3 is 5.91 Å². The maximum Gasteiger partial charge on any atom is 0.302 e. The predicted molar refractivity (Wildman–Crippen MR) is 131 cm³/mol. The van der Waals surface area contributed by atoms with Crippen molar-refractivity contribution in [2.45, 2.75) is 6.04 Å². The highest BCUT2D eigenvalue weighted by molar-refractivity contribution is 7.10. The molecule has 178 valence electrons. The highest BCUT2D eigenvalue weighted by Gasteiger charge is 2.48. The number of para-hydroxylation sites is 1. The van der Waals surface area contributed by atoms with Crippen LogP contribution in [0.2, 0.25) is 0 Å². The molecule has 0 saturated carbocycles. The number of carbonyl (C=O) groups excluding carboxylic acids is 2. The van der Waals surface area contributed by atoms with Crippen LogP contribution in [-0.2, 0) is 9.59 Å². The summed E-state index contributed by atoms with van der Waals surface area (Å²) in [6.07, 6.45) is 0. The Bertz CT molecular complexity index is 1430. The van der Waals surface area contributed by atoms with Crippen molar-refractivity contribution >= 4 is 45.8 Å². The van der Waals surface area contributed by atoms with Crippen LogP contribution in [0.5, 0.6) is 17.2 Å². The third kappa shape index (κ3) is 3.58. The van der Waals surface area contributed by atoms with Gasteiger partial charge in [0.2, 0.25) is 5.95 Å². The lowest BCUT2D eigenvalue weighted by Gasteiger charge is -2.21. The summed E-state index contributed by atoms with van der Waals surface area (Å²) in [7, 11) is 4.51. The van der Waals surface area contributed by atoms with Crippen molar-refractivity contribution in [3.05, 3.63) is 69.9 Å². The fourth-order valence-electron chi connectivity index (χ4n) is 4.19. The van der Waals surface area contributed by atoms with E-state index in [0.29, 0.717) is 38.7 Å². The van der Waals surface area contributed by atoms with Crippen LogP contribution in [0.15, 0.2) is 59.5 Å². The molecule has 1 saturated heterocycles. The van der Waals surface area contributed by atoms with Crippen LogP contribution in [0, 0.1) is 0 Å². The standard InChI is InChI=1S/C25H21N3O6S/c1-32-16-8-5-4-7-13(16)22(29)20-21(19-9-6-10-35-19)28(24(31)23(20)30)25-26-14-11-17(33-2)18(34-3)12-15(14)27-25/h4-12,21,29H,1-3H3,(H,26,27)/b22-20+. The minimum atomic E-state index is -0.885. The van der Waals surface area contributed by atoms with Gasteiger partial charge in [-0.05, 0) is 23.6 Å². The molecule has 3 heterocycles. The van der Waals surface area contributed by atoms with Gasteiger partial charge < -0.3 is 24.3 Å². The number of aromatic amines is 1. The number of hydrogen-bond donors (Lipinski definition) is 2. The van der Waals surface area contributed by atoms with E-state index in [1.807, 2.05) is 11.4 Å². The number of aliphatic hydroxyl groups excluding tert-OH is 1. The van der Waals surface area contributed by atoms with Crippen LogP contribution < -0.4 is 19.1 Å². The maximum atomic E-state index is 13.3. The Labute approximate surface area is 204 Å². The Kier molecular flexibility index (Phi) is 5.65. The summed E-state index contributed by atoms with van der Waals surface area (Å²) in [6.45, 7) is 0. The Morgan fingerprint density at radius 1 is 1.00 bits per heavy atom. The molecule has 1 unspecified atom stereocenters. The molecule has 1 amide bonds. The molecular formula is C25H21N3O6S. The number of H-pyrrole nitrogens is 1. The number of rotatable bonds is 6. The number of anilines is 1. The van der Waals surface area contributed by atoms with Crippen LogP contribution >= 0.6 is 11.3 Å². The number of thiophene rings is 1. The van der Waals surface area contributed by atoms with E-state index in [2.05, 4.69) is 9.97 Å². The molecule has 4 aromatic rings. The number of ketones is 1. The van der Waals surface area contributed by atoms with E-state index in [1.54, 1.807) is 42.5 Å². The zero-order valence-corrected chi connectivity index (χ0v) is 19.9. The number of aromatic nitrogens is 2. The molecule has 0 aliphatic carbocycles. The molecule has 1 fully saturated rings. The SMILES string of the molecule is COc1cc2nc(N3C(=O)C(=O)/C(=C(/O)c4ccccc4OC)C3c3cccs3)[nH]c2cc1OC. The highest BCUT2D eigenvalue weighted by atomic mass is 32.1. The largest absolute Gasteiger partial charge is 0.507 e. The molecule has 35 heavy (non-hydrogen) atoms. The van der Waals surface area contributed by atoms with Crippen LogP contribution in [0.25, 0.3) is 16.8 Å². The minimum absolute atomic E-state index is 0.0439. The van der Waals surface area contributed by atoms with Gasteiger partial charge in [-0.2, -0.15) is 0 Å². The number of imidazole rings is 1. The lowest BCUT2D eigenvalue weighted by molar-refractivity contribution is -0.132. The van der Waals surface area contributed by atoms with Gasteiger partial charge in [0, 0.05) is 17.0 Å². The number of nitrogens with zero attached hydrogens (tertiary/aromatic N) is 2. The summed E-state index contributed by atoms with van der Waals surface area (Å²) in [4.78, 5) is 36.3. The number of amides is 1. The average molecular weight is 492 g/mol. The van der Waals surface area contributed by atoms with E-state index in [9.17, 15) is 14.7 Å². The minimum Gasteiger partial charge on any atom is -0.507 e. The number of fused-ring (bicyclic) bond motifs is 1. The molecule has 0 bridgehead atoms. The first-order valence-electron chi connectivity index (χ1n) is 10.6. The second kappa shape index (κ2) is 8.80. The molecule has 5 rings (SSSR count). The van der Waals surface area contributed by atoms with Crippen molar-refractivity contribution in [3.8, 4) is 17.2 Å². The summed E-state index contributed by atoms with van der Waals surface area (Å²) < 4.78 is 16.1. The molecule has 10 heteroatoms. The third-order valence-corrected chi connectivity index (χ3v) is 6.75. The molecule has 0 spiro atoms. The van der Waals surface area contributed by atoms with Crippen LogP contribution in [0.3, 0.4) is 0 Å². The number of Topliss-reactive ketones (excluding diaryl/α,β-unsaturated/α-hetero) is 1. The van der Waals surface area contributed by atoms with Crippen molar-refractivity contribution in [1.82, 2.24) is 9.97 Å². The summed E-state index contributed by atoms with van der Waals surface area (Å²) in [5, 5.41) is 13.1. The number of nitrogens with one attached hydrogen (secondary N) is 1. The zero-order chi connectivity index (χ0) is 24.7. The van der Waals surface area contributed by atoms with Gasteiger partial charge in [0.1, 0.15) is 17.6 Å². The van der Waals surface area contributed by atoms with Crippen molar-refractivity contribution in [2.24, 2.45) is 0 Å². The summed E-state index contributed by atoms with van der Waals surface area (Å²) in [6, 6.07) is 12.9. The van der Waals surface area contributed by atoms with Gasteiger partial charge in [-0.25, -0.2) is 4.98 Å². The molecule has 0 radical (unpaired) electrons. The Morgan fingerprint density at radius 2 is 1.71 bits per heavy atom. The topological polar surface area (TPSA) is 114 Å². The number of hydrogen-bond acceptors (Lipinski definition) is 8. The van der Waals surface area contributed by atoms with Crippen molar-refractivity contribution in [3.63, 3.8) is 0 Å². The first kappa shape index (κ1) is 22.5. The molecule has 1 atom stereocenters. The summed E-state index contributed by atoms with van der Waals surface area (Å²) in [5.41, 5.74) is 1.38. The van der Waals surface area contributed by atoms with Crippen LogP contribution in [-0.4, -0.2) is 48.1 Å². The second-order valence-electron chi connectivity index (χ2n) is 7.67. The highest BCUT2D eigenvalue weighted by Crippen LogP contribution is 2.44. The Hall–Kier alpha value is -4.31. The van der Waals surface area contributed by atoms with Crippen molar-refractivity contribution in [1.29, 1.82) is 0 Å². The third-order valence-electron chi connectivity index (χ3n) is 5.82. The first-order chi connectivity index (χ1) is 17.0. The number of ether oxygens (including phenoxy) is 3. The van der Waals surface area contributed by atoms with Crippen LogP contribution in [0.4, 0.5) is 5.95 Å². The van der Waals surface area contributed by atoms with Gasteiger partial charge in [0.15, 0.2) is 11.5 Å². The van der Waals surface area contributed by atoms with Crippen molar-refractivity contribution in [2.75, 3.05) is 26.2 Å².